The lowest BCUT2D eigenvalue weighted by Gasteiger charge is -2.16. The van der Waals surface area contributed by atoms with E-state index in [0.717, 1.165) is 16.9 Å². The lowest BCUT2D eigenvalue weighted by molar-refractivity contribution is 0.314. The zero-order chi connectivity index (χ0) is 16.2. The normalized spacial score (nSPS) is 11.1. The van der Waals surface area contributed by atoms with Gasteiger partial charge in [-0.3, -0.25) is 4.90 Å². The first-order valence-corrected chi connectivity index (χ1v) is 7.72. The maximum Gasteiger partial charge on any atom is 0.124 e. The van der Waals surface area contributed by atoms with Crippen molar-refractivity contribution in [3.8, 4) is 5.69 Å². The molecule has 0 atom stereocenters. The second kappa shape index (κ2) is 6.94. The lowest BCUT2D eigenvalue weighted by Crippen LogP contribution is -2.18. The third kappa shape index (κ3) is 3.97. The predicted molar refractivity (Wildman–Crippen MR) is 90.1 cm³/mol. The highest BCUT2D eigenvalue weighted by molar-refractivity contribution is 6.31. The lowest BCUT2D eigenvalue weighted by atomic mass is 10.2. The van der Waals surface area contributed by atoms with E-state index < -0.39 is 0 Å². The molecule has 1 aromatic heterocycles. The molecule has 0 aliphatic heterocycles. The van der Waals surface area contributed by atoms with E-state index in [1.165, 1.54) is 12.1 Å². The number of nitrogens with zero attached hydrogens (tertiary/aromatic N) is 3. The average Bonchev–Trinajstić information content (AvgIpc) is 2.99. The Morgan fingerprint density at radius 1 is 1.09 bits per heavy atom. The van der Waals surface area contributed by atoms with E-state index in [9.17, 15) is 4.39 Å². The summed E-state index contributed by atoms with van der Waals surface area (Å²) in [6.07, 6.45) is 1.95. The highest BCUT2D eigenvalue weighted by Crippen LogP contribution is 2.19. The number of aromatic nitrogens is 2. The van der Waals surface area contributed by atoms with E-state index in [2.05, 4.69) is 10.00 Å². The van der Waals surface area contributed by atoms with Crippen LogP contribution in [0.4, 0.5) is 4.39 Å². The largest absolute Gasteiger partial charge is 0.296 e. The van der Waals surface area contributed by atoms with E-state index in [1.807, 2.05) is 54.3 Å². The highest BCUT2D eigenvalue weighted by Gasteiger charge is 2.08. The Hall–Kier alpha value is -2.17. The van der Waals surface area contributed by atoms with E-state index in [0.29, 0.717) is 18.1 Å². The van der Waals surface area contributed by atoms with Crippen molar-refractivity contribution in [3.05, 3.63) is 82.9 Å². The third-order valence-electron chi connectivity index (χ3n) is 3.55. The van der Waals surface area contributed by atoms with Gasteiger partial charge in [-0.15, -0.1) is 0 Å². The van der Waals surface area contributed by atoms with Crippen LogP contribution in [0.2, 0.25) is 5.02 Å². The molecule has 3 aromatic rings. The molecule has 2 aromatic carbocycles. The maximum atomic E-state index is 13.1. The van der Waals surface area contributed by atoms with Crippen LogP contribution in [0.3, 0.4) is 0 Å². The number of para-hydroxylation sites is 1. The van der Waals surface area contributed by atoms with Gasteiger partial charge in [-0.1, -0.05) is 35.9 Å². The fraction of sp³-hybridized carbons (Fsp3) is 0.167. The Bertz CT molecular complexity index is 786. The second-order valence-electron chi connectivity index (χ2n) is 5.50. The summed E-state index contributed by atoms with van der Waals surface area (Å²) >= 11 is 6.07. The van der Waals surface area contributed by atoms with Crippen molar-refractivity contribution < 1.29 is 4.39 Å². The Labute approximate surface area is 139 Å². The smallest absolute Gasteiger partial charge is 0.124 e. The Balaban J connectivity index is 1.66. The van der Waals surface area contributed by atoms with E-state index in [-0.39, 0.29) is 5.82 Å². The van der Waals surface area contributed by atoms with Crippen LogP contribution < -0.4 is 0 Å². The predicted octanol–water partition coefficient (Wildman–Crippen LogP) is 4.30. The number of hydrogen-bond acceptors (Lipinski definition) is 2. The van der Waals surface area contributed by atoms with Crippen LogP contribution in [0.5, 0.6) is 0 Å². The second-order valence-corrected chi connectivity index (χ2v) is 5.90. The minimum atomic E-state index is -0.317. The molecule has 0 fully saturated rings. The molecule has 0 saturated heterocycles. The molecule has 3 rings (SSSR count). The molecule has 0 bridgehead atoms. The van der Waals surface area contributed by atoms with Crippen LogP contribution in [-0.4, -0.2) is 21.7 Å². The van der Waals surface area contributed by atoms with Gasteiger partial charge in [-0.05, 0) is 42.9 Å². The SMILES string of the molecule is CN(Cc1ccn(-c2ccccc2)n1)Cc1ccc(F)cc1Cl. The fourth-order valence-corrected chi connectivity index (χ4v) is 2.67. The molecule has 0 N–H and O–H groups in total. The van der Waals surface area contributed by atoms with Crippen molar-refractivity contribution in [1.29, 1.82) is 0 Å². The number of benzene rings is 2. The summed E-state index contributed by atoms with van der Waals surface area (Å²) in [5, 5.41) is 5.03. The molecule has 118 valence electrons. The van der Waals surface area contributed by atoms with Crippen LogP contribution in [-0.2, 0) is 13.1 Å². The van der Waals surface area contributed by atoms with Crippen molar-refractivity contribution in [3.63, 3.8) is 0 Å². The van der Waals surface area contributed by atoms with Gasteiger partial charge in [0, 0.05) is 24.3 Å². The van der Waals surface area contributed by atoms with Gasteiger partial charge in [-0.25, -0.2) is 9.07 Å². The minimum Gasteiger partial charge on any atom is -0.296 e. The van der Waals surface area contributed by atoms with Crippen LogP contribution >= 0.6 is 11.6 Å². The molecule has 1 heterocycles. The van der Waals surface area contributed by atoms with Crippen molar-refractivity contribution >= 4 is 11.6 Å². The van der Waals surface area contributed by atoms with E-state index >= 15 is 0 Å². The summed E-state index contributed by atoms with van der Waals surface area (Å²) in [5.74, 6) is -0.317. The first kappa shape index (κ1) is 15.7. The molecular formula is C18H17ClFN3. The molecule has 0 radical (unpaired) electrons. The monoisotopic (exact) mass is 329 g/mol. The van der Waals surface area contributed by atoms with Gasteiger partial charge >= 0.3 is 0 Å². The summed E-state index contributed by atoms with van der Waals surface area (Å²) in [5.41, 5.74) is 2.90. The van der Waals surface area contributed by atoms with Crippen molar-refractivity contribution in [1.82, 2.24) is 14.7 Å². The molecule has 0 saturated carbocycles. The molecular weight excluding hydrogens is 313 g/mol. The number of halogens is 2. The van der Waals surface area contributed by atoms with E-state index in [4.69, 9.17) is 11.6 Å². The summed E-state index contributed by atoms with van der Waals surface area (Å²) in [7, 11) is 1.99. The van der Waals surface area contributed by atoms with Gasteiger partial charge in [-0.2, -0.15) is 5.10 Å². The first-order chi connectivity index (χ1) is 11.1. The Kier molecular flexibility index (Phi) is 4.74. The molecule has 23 heavy (non-hydrogen) atoms. The molecule has 0 aliphatic rings. The summed E-state index contributed by atoms with van der Waals surface area (Å²) < 4.78 is 14.9. The van der Waals surface area contributed by atoms with Crippen LogP contribution in [0.25, 0.3) is 5.69 Å². The van der Waals surface area contributed by atoms with Gasteiger partial charge in [0.2, 0.25) is 0 Å². The number of rotatable bonds is 5. The maximum absolute atomic E-state index is 13.1. The summed E-state index contributed by atoms with van der Waals surface area (Å²) in [6.45, 7) is 1.32. The van der Waals surface area contributed by atoms with Gasteiger partial charge in [0.05, 0.1) is 11.4 Å². The first-order valence-electron chi connectivity index (χ1n) is 7.34. The van der Waals surface area contributed by atoms with Crippen LogP contribution in [0.1, 0.15) is 11.3 Å². The van der Waals surface area contributed by atoms with Gasteiger partial charge < -0.3 is 0 Å². The summed E-state index contributed by atoms with van der Waals surface area (Å²) in [4.78, 5) is 2.09. The third-order valence-corrected chi connectivity index (χ3v) is 3.90. The average molecular weight is 330 g/mol. The van der Waals surface area contributed by atoms with Crippen LogP contribution in [0.15, 0.2) is 60.8 Å². The highest BCUT2D eigenvalue weighted by atomic mass is 35.5. The topological polar surface area (TPSA) is 21.1 Å². The molecule has 3 nitrogen and oxygen atoms in total. The molecule has 0 spiro atoms. The van der Waals surface area contributed by atoms with Crippen LogP contribution in [0, 0.1) is 5.82 Å². The van der Waals surface area contributed by atoms with E-state index in [1.54, 1.807) is 6.07 Å². The minimum absolute atomic E-state index is 0.317. The molecule has 5 heteroatoms. The zero-order valence-electron chi connectivity index (χ0n) is 12.8. The molecule has 0 aliphatic carbocycles. The van der Waals surface area contributed by atoms with Crippen molar-refractivity contribution in [2.45, 2.75) is 13.1 Å². The number of hydrogen-bond donors (Lipinski definition) is 0. The molecule has 0 amide bonds. The van der Waals surface area contributed by atoms with Gasteiger partial charge in [0.25, 0.3) is 0 Å². The van der Waals surface area contributed by atoms with Crippen molar-refractivity contribution in [2.75, 3.05) is 7.05 Å². The van der Waals surface area contributed by atoms with Gasteiger partial charge in [0.1, 0.15) is 5.82 Å². The molecule has 0 unspecified atom stereocenters. The standard InChI is InChI=1S/C18H17ClFN3/c1-22(12-14-7-8-15(20)11-18(14)19)13-16-9-10-23(21-16)17-5-3-2-4-6-17/h2-11H,12-13H2,1H3. The van der Waals surface area contributed by atoms with Crippen molar-refractivity contribution in [2.24, 2.45) is 0 Å². The summed E-state index contributed by atoms with van der Waals surface area (Å²) in [6, 6.07) is 16.5. The Morgan fingerprint density at radius 2 is 1.87 bits per heavy atom. The fourth-order valence-electron chi connectivity index (χ4n) is 2.44. The Morgan fingerprint density at radius 3 is 2.61 bits per heavy atom. The van der Waals surface area contributed by atoms with Gasteiger partial charge in [0.15, 0.2) is 0 Å². The quantitative estimate of drug-likeness (QED) is 0.696. The zero-order valence-corrected chi connectivity index (χ0v) is 13.5.